The predicted octanol–water partition coefficient (Wildman–Crippen LogP) is 3.90. The van der Waals surface area contributed by atoms with Gasteiger partial charge >= 0.3 is 0 Å². The topological polar surface area (TPSA) is 56.9 Å². The smallest absolute Gasteiger partial charge is 0.195 e. The zero-order valence-corrected chi connectivity index (χ0v) is 18.7. The molecule has 0 spiro atoms. The fraction of sp³-hybridized carbons (Fsp3) is 0.280. The van der Waals surface area contributed by atoms with Crippen LogP contribution >= 0.6 is 0 Å². The lowest BCUT2D eigenvalue weighted by Crippen LogP contribution is -2.47. The third kappa shape index (κ3) is 3.91. The van der Waals surface area contributed by atoms with Crippen molar-refractivity contribution in [1.29, 1.82) is 0 Å². The summed E-state index contributed by atoms with van der Waals surface area (Å²) in [6.07, 6.45) is 0. The van der Waals surface area contributed by atoms with Crippen LogP contribution in [0, 0.1) is 24.4 Å². The molecule has 0 aliphatic carbocycles. The Kier molecular flexibility index (Phi) is 5.97. The predicted molar refractivity (Wildman–Crippen MR) is 124 cm³/mol. The van der Waals surface area contributed by atoms with Crippen molar-refractivity contribution in [3.05, 3.63) is 71.7 Å². The molecule has 0 unspecified atom stereocenters. The molecule has 176 valence electrons. The van der Waals surface area contributed by atoms with Crippen molar-refractivity contribution in [2.45, 2.75) is 6.92 Å². The van der Waals surface area contributed by atoms with Gasteiger partial charge in [-0.2, -0.15) is 9.61 Å². The summed E-state index contributed by atoms with van der Waals surface area (Å²) in [7, 11) is 0. The first-order valence-corrected chi connectivity index (χ1v) is 11.2. The summed E-state index contributed by atoms with van der Waals surface area (Å²) in [5.74, 6) is -3.24. The Morgan fingerprint density at radius 2 is 1.68 bits per heavy atom. The van der Waals surface area contributed by atoms with Crippen LogP contribution in [0.5, 0.6) is 0 Å². The van der Waals surface area contributed by atoms with Crippen LogP contribution in [0.25, 0.3) is 28.0 Å². The van der Waals surface area contributed by atoms with Gasteiger partial charge in [-0.15, -0.1) is 0 Å². The van der Waals surface area contributed by atoms with Crippen molar-refractivity contribution in [2.75, 3.05) is 44.2 Å². The average molecular weight is 467 g/mol. The van der Waals surface area contributed by atoms with Gasteiger partial charge in [-0.1, -0.05) is 30.3 Å². The van der Waals surface area contributed by atoms with E-state index in [-0.39, 0.29) is 12.2 Å². The number of piperazine rings is 1. The summed E-state index contributed by atoms with van der Waals surface area (Å²) < 4.78 is 44.2. The monoisotopic (exact) mass is 467 g/mol. The Bertz CT molecular complexity index is 1330. The first-order chi connectivity index (χ1) is 16.5. The van der Waals surface area contributed by atoms with Crippen molar-refractivity contribution in [1.82, 2.24) is 19.5 Å². The SMILES string of the molecule is Cc1nn2c(N3CCN(CCO)CC3)cc(-c3ccccc3)nc2c1-c1ccc(F)c(F)c1F. The third-order valence-electron chi connectivity index (χ3n) is 6.23. The van der Waals surface area contributed by atoms with Crippen LogP contribution in [-0.4, -0.2) is 63.9 Å². The quantitative estimate of drug-likeness (QED) is 0.451. The molecule has 2 aromatic carbocycles. The minimum Gasteiger partial charge on any atom is -0.395 e. The molecule has 2 aromatic heterocycles. The first kappa shape index (κ1) is 22.4. The highest BCUT2D eigenvalue weighted by molar-refractivity contribution is 5.83. The number of hydrogen-bond donors (Lipinski definition) is 1. The molecule has 1 aliphatic heterocycles. The Morgan fingerprint density at radius 3 is 2.38 bits per heavy atom. The molecule has 34 heavy (non-hydrogen) atoms. The first-order valence-electron chi connectivity index (χ1n) is 11.2. The van der Waals surface area contributed by atoms with E-state index in [1.807, 2.05) is 36.4 Å². The molecule has 5 rings (SSSR count). The molecule has 1 saturated heterocycles. The van der Waals surface area contributed by atoms with Crippen LogP contribution in [0.4, 0.5) is 19.0 Å². The molecule has 1 N–H and O–H groups in total. The maximum Gasteiger partial charge on any atom is 0.195 e. The summed E-state index contributed by atoms with van der Waals surface area (Å²) in [6, 6.07) is 13.7. The van der Waals surface area contributed by atoms with Gasteiger partial charge in [0.25, 0.3) is 0 Å². The van der Waals surface area contributed by atoms with Crippen molar-refractivity contribution >= 4 is 11.5 Å². The van der Waals surface area contributed by atoms with Crippen molar-refractivity contribution in [3.63, 3.8) is 0 Å². The Morgan fingerprint density at radius 1 is 0.941 bits per heavy atom. The number of aryl methyl sites for hydroxylation is 1. The molecule has 0 amide bonds. The summed E-state index contributed by atoms with van der Waals surface area (Å²) in [5.41, 5.74) is 2.63. The maximum absolute atomic E-state index is 14.8. The zero-order valence-electron chi connectivity index (χ0n) is 18.7. The minimum atomic E-state index is -1.52. The van der Waals surface area contributed by atoms with E-state index in [4.69, 9.17) is 4.98 Å². The molecule has 0 saturated carbocycles. The normalized spacial score (nSPS) is 14.8. The average Bonchev–Trinajstić information content (AvgIpc) is 3.19. The largest absolute Gasteiger partial charge is 0.395 e. The highest BCUT2D eigenvalue weighted by Gasteiger charge is 2.25. The van der Waals surface area contributed by atoms with E-state index in [2.05, 4.69) is 14.9 Å². The number of β-amino-alcohol motifs (C(OH)–C–C–N with tert-alkyl or cyclic N) is 1. The molecule has 0 atom stereocenters. The molecule has 1 fully saturated rings. The van der Waals surface area contributed by atoms with Gasteiger partial charge < -0.3 is 10.0 Å². The van der Waals surface area contributed by atoms with E-state index >= 15 is 0 Å². The van der Waals surface area contributed by atoms with Crippen LogP contribution in [-0.2, 0) is 0 Å². The Balaban J connectivity index is 1.70. The summed E-state index contributed by atoms with van der Waals surface area (Å²) in [4.78, 5) is 9.14. The number of aromatic nitrogens is 3. The van der Waals surface area contributed by atoms with Gasteiger partial charge in [-0.25, -0.2) is 18.2 Å². The van der Waals surface area contributed by atoms with E-state index in [1.165, 1.54) is 6.07 Å². The molecule has 6 nitrogen and oxygen atoms in total. The van der Waals surface area contributed by atoms with E-state index in [0.29, 0.717) is 42.2 Å². The molecule has 9 heteroatoms. The number of aliphatic hydroxyl groups excluding tert-OH is 1. The number of halogens is 3. The zero-order chi connectivity index (χ0) is 23.8. The third-order valence-corrected chi connectivity index (χ3v) is 6.23. The number of benzene rings is 2. The number of nitrogens with zero attached hydrogens (tertiary/aromatic N) is 5. The molecule has 4 aromatic rings. The molecular weight excluding hydrogens is 443 g/mol. The lowest BCUT2D eigenvalue weighted by Gasteiger charge is -2.35. The van der Waals surface area contributed by atoms with Crippen LogP contribution < -0.4 is 4.90 Å². The van der Waals surface area contributed by atoms with Crippen LogP contribution in [0.1, 0.15) is 5.69 Å². The fourth-order valence-electron chi connectivity index (χ4n) is 4.47. The van der Waals surface area contributed by atoms with Gasteiger partial charge in [-0.05, 0) is 19.1 Å². The number of fused-ring (bicyclic) bond motifs is 1. The standard InChI is InChI=1S/C25H24F3N5O/c1-16-22(18-7-8-19(26)24(28)23(18)27)25-29-20(17-5-3-2-4-6-17)15-21(33(25)30-16)32-11-9-31(10-12-32)13-14-34/h2-8,15,34H,9-14H2,1H3. The number of aliphatic hydroxyl groups is 1. The van der Waals surface area contributed by atoms with Crippen molar-refractivity contribution < 1.29 is 18.3 Å². The lowest BCUT2D eigenvalue weighted by atomic mass is 10.0. The van der Waals surface area contributed by atoms with Crippen molar-refractivity contribution in [2.24, 2.45) is 0 Å². The van der Waals surface area contributed by atoms with Crippen LogP contribution in [0.3, 0.4) is 0 Å². The van der Waals surface area contributed by atoms with Gasteiger partial charge in [0.05, 0.1) is 23.6 Å². The second kappa shape index (κ2) is 9.08. The van der Waals surface area contributed by atoms with Gasteiger partial charge in [0.15, 0.2) is 23.1 Å². The van der Waals surface area contributed by atoms with Gasteiger partial charge in [0.2, 0.25) is 0 Å². The summed E-state index contributed by atoms with van der Waals surface area (Å²) >= 11 is 0. The van der Waals surface area contributed by atoms with Gasteiger partial charge in [0.1, 0.15) is 5.82 Å². The number of anilines is 1. The van der Waals surface area contributed by atoms with Crippen LogP contribution in [0.2, 0.25) is 0 Å². The second-order valence-electron chi connectivity index (χ2n) is 8.34. The molecular formula is C25H24F3N5O. The van der Waals surface area contributed by atoms with Crippen molar-refractivity contribution in [3.8, 4) is 22.4 Å². The molecule has 0 bridgehead atoms. The van der Waals surface area contributed by atoms with E-state index in [0.717, 1.165) is 30.5 Å². The number of rotatable bonds is 5. The lowest BCUT2D eigenvalue weighted by molar-refractivity contribution is 0.188. The highest BCUT2D eigenvalue weighted by atomic mass is 19.2. The molecule has 3 heterocycles. The fourth-order valence-corrected chi connectivity index (χ4v) is 4.47. The van der Waals surface area contributed by atoms with E-state index in [9.17, 15) is 18.3 Å². The van der Waals surface area contributed by atoms with E-state index in [1.54, 1.807) is 11.4 Å². The van der Waals surface area contributed by atoms with E-state index < -0.39 is 17.5 Å². The Labute approximate surface area is 194 Å². The van der Waals surface area contributed by atoms with Gasteiger partial charge in [-0.3, -0.25) is 4.90 Å². The second-order valence-corrected chi connectivity index (χ2v) is 8.34. The van der Waals surface area contributed by atoms with Gasteiger partial charge in [0, 0.05) is 49.9 Å². The molecule has 1 aliphatic rings. The minimum absolute atomic E-state index is 0.0807. The Hall–Kier alpha value is -3.43. The summed E-state index contributed by atoms with van der Waals surface area (Å²) in [5, 5.41) is 13.9. The number of hydrogen-bond acceptors (Lipinski definition) is 5. The van der Waals surface area contributed by atoms with Crippen LogP contribution in [0.15, 0.2) is 48.5 Å². The summed E-state index contributed by atoms with van der Waals surface area (Å²) in [6.45, 7) is 5.40. The maximum atomic E-state index is 14.8. The highest BCUT2D eigenvalue weighted by Crippen LogP contribution is 2.35. The molecule has 0 radical (unpaired) electrons.